The second kappa shape index (κ2) is 6.85. The molecule has 10 heavy (non-hydrogen) atoms. The van der Waals surface area contributed by atoms with Gasteiger partial charge in [-0.25, -0.2) is 0 Å². The fourth-order valence-electron chi connectivity index (χ4n) is 1.14. The third-order valence-corrected chi connectivity index (χ3v) is 1.83. The lowest BCUT2D eigenvalue weighted by Crippen LogP contribution is -1.92. The van der Waals surface area contributed by atoms with Gasteiger partial charge in [0.2, 0.25) is 0 Å². The Morgan fingerprint density at radius 3 is 2.30 bits per heavy atom. The van der Waals surface area contributed by atoms with Crippen molar-refractivity contribution in [2.45, 2.75) is 46.5 Å². The normalized spacial score (nSPS) is 14.3. The molecule has 0 aliphatic heterocycles. The van der Waals surface area contributed by atoms with Gasteiger partial charge in [-0.2, -0.15) is 0 Å². The number of rotatable bonds is 5. The lowest BCUT2D eigenvalue weighted by molar-refractivity contribution is 0.562. The smallest absolute Gasteiger partial charge is 0.0236 e. The summed E-state index contributed by atoms with van der Waals surface area (Å²) < 4.78 is 0. The maximum atomic E-state index is 2.36. The molecule has 0 aromatic heterocycles. The predicted molar refractivity (Wildman–Crippen MR) is 48.1 cm³/mol. The van der Waals surface area contributed by atoms with Crippen molar-refractivity contribution >= 4 is 0 Å². The summed E-state index contributed by atoms with van der Waals surface area (Å²) in [6.45, 7) is 6.71. The summed E-state index contributed by atoms with van der Waals surface area (Å²) in [5.41, 5.74) is 0. The van der Waals surface area contributed by atoms with Crippen molar-refractivity contribution in [3.8, 4) is 0 Å². The molecule has 0 aliphatic carbocycles. The van der Waals surface area contributed by atoms with E-state index in [-0.39, 0.29) is 0 Å². The van der Waals surface area contributed by atoms with Crippen LogP contribution >= 0.6 is 0 Å². The fraction of sp³-hybridized carbons (Fsp3) is 0.800. The van der Waals surface area contributed by atoms with E-state index in [2.05, 4.69) is 32.9 Å². The Morgan fingerprint density at radius 1 is 1.20 bits per heavy atom. The van der Waals surface area contributed by atoms with E-state index in [0.717, 1.165) is 5.92 Å². The average molecular weight is 140 g/mol. The van der Waals surface area contributed by atoms with E-state index < -0.39 is 0 Å². The summed E-state index contributed by atoms with van der Waals surface area (Å²) >= 11 is 0. The Labute approximate surface area is 65.3 Å². The minimum atomic E-state index is 0.838. The van der Waals surface area contributed by atoms with Crippen LogP contribution in [0.1, 0.15) is 46.5 Å². The Morgan fingerprint density at radius 2 is 1.90 bits per heavy atom. The molecule has 0 saturated carbocycles. The van der Waals surface area contributed by atoms with Crippen molar-refractivity contribution in [2.24, 2.45) is 5.92 Å². The van der Waals surface area contributed by atoms with E-state index in [4.69, 9.17) is 0 Å². The van der Waals surface area contributed by atoms with Gasteiger partial charge in [-0.15, -0.1) is 0 Å². The van der Waals surface area contributed by atoms with Crippen LogP contribution in [0.3, 0.4) is 0 Å². The first kappa shape index (κ1) is 9.74. The fourth-order valence-corrected chi connectivity index (χ4v) is 1.14. The van der Waals surface area contributed by atoms with Gasteiger partial charge in [0, 0.05) is 0 Å². The molecule has 0 bridgehead atoms. The Bertz CT molecular complexity index is 82.0. The predicted octanol–water partition coefficient (Wildman–Crippen LogP) is 3.78. The lowest BCUT2D eigenvalue weighted by Gasteiger charge is -2.06. The van der Waals surface area contributed by atoms with Crippen molar-refractivity contribution in [3.05, 3.63) is 12.2 Å². The molecule has 0 amide bonds. The summed E-state index contributed by atoms with van der Waals surface area (Å²) in [6, 6.07) is 0. The van der Waals surface area contributed by atoms with E-state index in [0.29, 0.717) is 0 Å². The molecule has 0 saturated heterocycles. The van der Waals surface area contributed by atoms with Crippen LogP contribution in [0.5, 0.6) is 0 Å². The van der Waals surface area contributed by atoms with Crippen LogP contribution < -0.4 is 0 Å². The first-order chi connectivity index (χ1) is 4.85. The van der Waals surface area contributed by atoms with Gasteiger partial charge in [0.1, 0.15) is 0 Å². The van der Waals surface area contributed by atoms with Crippen LogP contribution in [0.25, 0.3) is 0 Å². The van der Waals surface area contributed by atoms with Crippen LogP contribution in [-0.4, -0.2) is 0 Å². The standard InChI is InChI=1S/C10H20/c1-4-7-9-10(6-3)8-5-2/h7,9-10H,4-6,8H2,1-3H3/b9-7+. The highest BCUT2D eigenvalue weighted by Gasteiger charge is 1.97. The third-order valence-electron chi connectivity index (χ3n) is 1.83. The lowest BCUT2D eigenvalue weighted by atomic mass is 10.0. The molecule has 0 N–H and O–H groups in total. The van der Waals surface area contributed by atoms with Crippen LogP contribution in [0.2, 0.25) is 0 Å². The molecule has 0 heterocycles. The Kier molecular flexibility index (Phi) is 6.68. The van der Waals surface area contributed by atoms with Crippen molar-refractivity contribution < 1.29 is 0 Å². The van der Waals surface area contributed by atoms with Crippen molar-refractivity contribution in [1.29, 1.82) is 0 Å². The number of hydrogen-bond acceptors (Lipinski definition) is 0. The molecule has 0 spiro atoms. The molecular formula is C10H20. The maximum Gasteiger partial charge on any atom is -0.0236 e. The summed E-state index contributed by atoms with van der Waals surface area (Å²) in [7, 11) is 0. The molecule has 0 aromatic rings. The molecule has 0 aliphatic rings. The molecule has 0 heteroatoms. The first-order valence-corrected chi connectivity index (χ1v) is 4.51. The number of allylic oxidation sites excluding steroid dienone is 2. The van der Waals surface area contributed by atoms with Crippen LogP contribution in [0.15, 0.2) is 12.2 Å². The van der Waals surface area contributed by atoms with Gasteiger partial charge >= 0.3 is 0 Å². The van der Waals surface area contributed by atoms with Crippen molar-refractivity contribution in [2.75, 3.05) is 0 Å². The van der Waals surface area contributed by atoms with E-state index in [1.54, 1.807) is 0 Å². The monoisotopic (exact) mass is 140 g/mol. The molecule has 0 fully saturated rings. The minimum absolute atomic E-state index is 0.838. The van der Waals surface area contributed by atoms with Crippen LogP contribution in [0, 0.1) is 5.92 Å². The van der Waals surface area contributed by atoms with Crippen LogP contribution in [0.4, 0.5) is 0 Å². The molecule has 60 valence electrons. The van der Waals surface area contributed by atoms with Gasteiger partial charge in [0.25, 0.3) is 0 Å². The molecule has 0 rings (SSSR count). The second-order valence-corrected chi connectivity index (χ2v) is 2.79. The highest BCUT2D eigenvalue weighted by atomic mass is 14.0. The minimum Gasteiger partial charge on any atom is -0.0885 e. The maximum absolute atomic E-state index is 2.36. The summed E-state index contributed by atoms with van der Waals surface area (Å²) in [6.07, 6.45) is 9.79. The van der Waals surface area contributed by atoms with Crippen molar-refractivity contribution in [1.82, 2.24) is 0 Å². The Balaban J connectivity index is 3.48. The van der Waals surface area contributed by atoms with Gasteiger partial charge in [-0.1, -0.05) is 39.3 Å². The zero-order valence-electron chi connectivity index (χ0n) is 7.56. The topological polar surface area (TPSA) is 0 Å². The van der Waals surface area contributed by atoms with Gasteiger partial charge in [0.15, 0.2) is 0 Å². The highest BCUT2D eigenvalue weighted by molar-refractivity contribution is 4.86. The molecule has 0 radical (unpaired) electrons. The quantitative estimate of drug-likeness (QED) is 0.510. The van der Waals surface area contributed by atoms with E-state index in [1.807, 2.05) is 0 Å². The molecule has 1 atom stereocenters. The van der Waals surface area contributed by atoms with E-state index >= 15 is 0 Å². The SMILES string of the molecule is CC/C=C/C(CC)CCC. The van der Waals surface area contributed by atoms with E-state index in [9.17, 15) is 0 Å². The zero-order chi connectivity index (χ0) is 7.82. The van der Waals surface area contributed by atoms with Gasteiger partial charge < -0.3 is 0 Å². The molecule has 1 unspecified atom stereocenters. The summed E-state index contributed by atoms with van der Waals surface area (Å²) in [4.78, 5) is 0. The molecular weight excluding hydrogens is 120 g/mol. The molecule has 0 nitrogen and oxygen atoms in total. The van der Waals surface area contributed by atoms with Crippen LogP contribution in [-0.2, 0) is 0 Å². The molecule has 0 aromatic carbocycles. The summed E-state index contributed by atoms with van der Waals surface area (Å²) in [5.74, 6) is 0.838. The number of hydrogen-bond donors (Lipinski definition) is 0. The summed E-state index contributed by atoms with van der Waals surface area (Å²) in [5, 5.41) is 0. The van der Waals surface area contributed by atoms with Crippen molar-refractivity contribution in [3.63, 3.8) is 0 Å². The van der Waals surface area contributed by atoms with E-state index in [1.165, 1.54) is 25.7 Å². The third kappa shape index (κ3) is 4.60. The first-order valence-electron chi connectivity index (χ1n) is 4.51. The largest absolute Gasteiger partial charge is 0.0885 e. The Hall–Kier alpha value is -0.260. The van der Waals surface area contributed by atoms with Gasteiger partial charge in [-0.05, 0) is 25.2 Å². The van der Waals surface area contributed by atoms with Gasteiger partial charge in [0.05, 0.1) is 0 Å². The van der Waals surface area contributed by atoms with Gasteiger partial charge in [-0.3, -0.25) is 0 Å². The zero-order valence-corrected chi connectivity index (χ0v) is 7.56. The highest BCUT2D eigenvalue weighted by Crippen LogP contribution is 2.11. The average Bonchev–Trinajstić information content (AvgIpc) is 1.98. The second-order valence-electron chi connectivity index (χ2n) is 2.79.